The lowest BCUT2D eigenvalue weighted by Gasteiger charge is -2.60. The van der Waals surface area contributed by atoms with Gasteiger partial charge in [0.1, 0.15) is 11.0 Å². The maximum Gasteiger partial charge on any atom is 0.307 e. The summed E-state index contributed by atoms with van der Waals surface area (Å²) in [5.41, 5.74) is -0.995. The second-order valence-electron chi connectivity index (χ2n) is 10.5. The van der Waals surface area contributed by atoms with Crippen molar-refractivity contribution in [3.8, 4) is 0 Å². The van der Waals surface area contributed by atoms with E-state index in [4.69, 9.17) is 24.0 Å². The Morgan fingerprint density at radius 1 is 1.14 bits per heavy atom. The predicted octanol–water partition coefficient (Wildman–Crippen LogP) is 4.66. The lowest BCUT2D eigenvalue weighted by atomic mass is 9.58. The molecule has 4 heterocycles. The fourth-order valence-corrected chi connectivity index (χ4v) is 6.90. The second kappa shape index (κ2) is 7.66. The highest BCUT2D eigenvalue weighted by Crippen LogP contribution is 2.61. The largest absolute Gasteiger partial charge is 0.460 e. The van der Waals surface area contributed by atoms with Crippen molar-refractivity contribution in [2.75, 3.05) is 5.75 Å². The second-order valence-corrected chi connectivity index (χ2v) is 11.7. The van der Waals surface area contributed by atoms with Crippen LogP contribution in [0.25, 0.3) is 0 Å². The molecule has 29 heavy (non-hydrogen) atoms. The molecule has 8 atom stereocenters. The summed E-state index contributed by atoms with van der Waals surface area (Å²) >= 11 is 1.69. The van der Waals surface area contributed by atoms with Gasteiger partial charge >= 0.3 is 5.97 Å². The number of fused-ring (bicyclic) bond motifs is 2. The third-order valence-corrected chi connectivity index (χ3v) is 8.41. The summed E-state index contributed by atoms with van der Waals surface area (Å²) < 4.78 is 18.3. The number of hydrogen-bond acceptors (Lipinski definition) is 7. The summed E-state index contributed by atoms with van der Waals surface area (Å²) in [5, 5.41) is 0. The van der Waals surface area contributed by atoms with Crippen LogP contribution in [0.5, 0.6) is 0 Å². The van der Waals surface area contributed by atoms with E-state index >= 15 is 0 Å². The molecule has 4 saturated heterocycles. The maximum absolute atomic E-state index is 12.1. The van der Waals surface area contributed by atoms with E-state index in [1.807, 2.05) is 27.7 Å². The molecule has 7 heteroatoms. The molecule has 6 nitrogen and oxygen atoms in total. The molecule has 166 valence electrons. The first-order valence-corrected chi connectivity index (χ1v) is 12.1. The summed E-state index contributed by atoms with van der Waals surface area (Å²) in [6, 6.07) is 0. The molecule has 0 aromatic heterocycles. The van der Waals surface area contributed by atoms with Crippen LogP contribution >= 0.6 is 11.8 Å². The zero-order valence-corrected chi connectivity index (χ0v) is 19.4. The van der Waals surface area contributed by atoms with Gasteiger partial charge < -0.3 is 14.2 Å². The van der Waals surface area contributed by atoms with Gasteiger partial charge in [0.05, 0.1) is 6.42 Å². The first-order chi connectivity index (χ1) is 13.5. The van der Waals surface area contributed by atoms with E-state index in [9.17, 15) is 4.79 Å². The van der Waals surface area contributed by atoms with Gasteiger partial charge in [-0.2, -0.15) is 0 Å². The highest BCUT2D eigenvalue weighted by atomic mass is 32.2. The minimum atomic E-state index is -0.746. The third kappa shape index (κ3) is 3.98. The molecule has 5 fully saturated rings. The van der Waals surface area contributed by atoms with E-state index in [0.29, 0.717) is 35.8 Å². The SMILES string of the molecule is C[C@H]1[C@H](SCCC(=O)OC(C)(C)C)O[C@@H]2O[C@]3(C)CC[C@H]4[C@H](C)CC[C@@H]1[C@@]24OO3. The van der Waals surface area contributed by atoms with Crippen molar-refractivity contribution in [2.24, 2.45) is 23.7 Å². The van der Waals surface area contributed by atoms with Crippen molar-refractivity contribution in [3.63, 3.8) is 0 Å². The molecule has 0 unspecified atom stereocenters. The van der Waals surface area contributed by atoms with Gasteiger partial charge in [0, 0.05) is 18.1 Å². The normalized spacial score (nSPS) is 46.7. The highest BCUT2D eigenvalue weighted by Gasteiger charge is 2.69. The summed E-state index contributed by atoms with van der Waals surface area (Å²) in [6.45, 7) is 12.2. The van der Waals surface area contributed by atoms with Crippen molar-refractivity contribution in [1.29, 1.82) is 0 Å². The van der Waals surface area contributed by atoms with Crippen LogP contribution in [0.4, 0.5) is 0 Å². The smallest absolute Gasteiger partial charge is 0.307 e. The van der Waals surface area contributed by atoms with Gasteiger partial charge in [0.15, 0.2) is 11.9 Å². The predicted molar refractivity (Wildman–Crippen MR) is 110 cm³/mol. The molecule has 1 saturated carbocycles. The molecule has 5 rings (SSSR count). The van der Waals surface area contributed by atoms with E-state index in [1.54, 1.807) is 11.8 Å². The standard InChI is InChI=1S/C22H36O6S/c1-13-7-8-16-14(2)18(29-12-10-17(23)25-20(3,4)5)24-19-22(16)15(13)9-11-21(6,26-19)27-28-22/h13-16,18-19H,7-12H2,1-6H3/t13-,14-,15+,16+,18+,19-,21+,22-/m1/s1. The van der Waals surface area contributed by atoms with E-state index in [1.165, 1.54) is 6.42 Å². The van der Waals surface area contributed by atoms with E-state index < -0.39 is 23.3 Å². The van der Waals surface area contributed by atoms with Crippen LogP contribution in [-0.2, 0) is 28.8 Å². The van der Waals surface area contributed by atoms with Crippen LogP contribution in [0.3, 0.4) is 0 Å². The highest BCUT2D eigenvalue weighted by molar-refractivity contribution is 7.99. The molecule has 0 aromatic rings. The molecule has 5 aliphatic rings. The summed E-state index contributed by atoms with van der Waals surface area (Å²) in [5.74, 6) is 1.32. The third-order valence-electron chi connectivity index (χ3n) is 7.11. The number of carbonyl (C=O) groups excluding carboxylic acids is 1. The number of thioether (sulfide) groups is 1. The van der Waals surface area contributed by atoms with Gasteiger partial charge in [-0.25, -0.2) is 9.78 Å². The summed E-state index contributed by atoms with van der Waals surface area (Å²) in [4.78, 5) is 24.1. The number of rotatable bonds is 4. The van der Waals surface area contributed by atoms with Crippen molar-refractivity contribution < 1.29 is 28.8 Å². The Hall–Kier alpha value is -0.340. The van der Waals surface area contributed by atoms with Crippen molar-refractivity contribution in [1.82, 2.24) is 0 Å². The van der Waals surface area contributed by atoms with Gasteiger partial charge in [0.2, 0.25) is 5.79 Å². The summed E-state index contributed by atoms with van der Waals surface area (Å²) in [7, 11) is 0. The zero-order valence-electron chi connectivity index (χ0n) is 18.6. The van der Waals surface area contributed by atoms with Crippen LogP contribution < -0.4 is 0 Å². The quantitative estimate of drug-likeness (QED) is 0.477. The minimum absolute atomic E-state index is 0.0290. The molecule has 1 aliphatic carbocycles. The Bertz CT molecular complexity index is 635. The molecule has 4 aliphatic heterocycles. The number of hydrogen-bond donors (Lipinski definition) is 0. The van der Waals surface area contributed by atoms with Crippen molar-refractivity contribution >= 4 is 17.7 Å². The van der Waals surface area contributed by atoms with Gasteiger partial charge in [-0.3, -0.25) is 4.79 Å². The molecule has 0 amide bonds. The van der Waals surface area contributed by atoms with Crippen LogP contribution in [0.1, 0.15) is 73.6 Å². The van der Waals surface area contributed by atoms with Crippen LogP contribution in [-0.4, -0.2) is 40.4 Å². The maximum atomic E-state index is 12.1. The Labute approximate surface area is 178 Å². The lowest BCUT2D eigenvalue weighted by molar-refractivity contribution is -0.568. The van der Waals surface area contributed by atoms with Crippen molar-refractivity contribution in [3.05, 3.63) is 0 Å². The Kier molecular flexibility index (Phi) is 5.78. The number of carbonyl (C=O) groups is 1. The monoisotopic (exact) mass is 428 g/mol. The zero-order chi connectivity index (χ0) is 21.0. The fraction of sp³-hybridized carbons (Fsp3) is 0.955. The van der Waals surface area contributed by atoms with Crippen LogP contribution in [0.2, 0.25) is 0 Å². The summed E-state index contributed by atoms with van der Waals surface area (Å²) in [6.07, 6.45) is 4.11. The minimum Gasteiger partial charge on any atom is -0.460 e. The number of ether oxygens (including phenoxy) is 3. The van der Waals surface area contributed by atoms with Gasteiger partial charge in [-0.1, -0.05) is 13.8 Å². The van der Waals surface area contributed by atoms with E-state index in [-0.39, 0.29) is 11.4 Å². The first-order valence-electron chi connectivity index (χ1n) is 11.1. The molecule has 1 spiro atoms. The first kappa shape index (κ1) is 21.9. The van der Waals surface area contributed by atoms with Gasteiger partial charge in [0.25, 0.3) is 0 Å². The average Bonchev–Trinajstić information content (AvgIpc) is 2.84. The molecule has 0 N–H and O–H groups in total. The molecular weight excluding hydrogens is 392 g/mol. The van der Waals surface area contributed by atoms with E-state index in [2.05, 4.69) is 13.8 Å². The lowest BCUT2D eigenvalue weighted by Crippen LogP contribution is -2.70. The number of esters is 1. The van der Waals surface area contributed by atoms with Crippen LogP contribution in [0.15, 0.2) is 0 Å². The van der Waals surface area contributed by atoms with Crippen LogP contribution in [0, 0.1) is 23.7 Å². The molecule has 0 aromatic carbocycles. The van der Waals surface area contributed by atoms with Gasteiger partial charge in [-0.15, -0.1) is 11.8 Å². The average molecular weight is 429 g/mol. The van der Waals surface area contributed by atoms with Gasteiger partial charge in [-0.05, 0) is 64.7 Å². The molecule has 2 bridgehead atoms. The topological polar surface area (TPSA) is 63.2 Å². The fourth-order valence-electron chi connectivity index (χ4n) is 5.71. The molecule has 0 radical (unpaired) electrons. The Balaban J connectivity index is 1.47. The molecular formula is C22H36O6S. The van der Waals surface area contributed by atoms with Crippen molar-refractivity contribution in [2.45, 2.75) is 102 Å². The Morgan fingerprint density at radius 2 is 1.90 bits per heavy atom. The van der Waals surface area contributed by atoms with E-state index in [0.717, 1.165) is 19.3 Å². The Morgan fingerprint density at radius 3 is 2.62 bits per heavy atom.